The van der Waals surface area contributed by atoms with Gasteiger partial charge in [-0.15, -0.1) is 0 Å². The molecule has 0 bridgehead atoms. The summed E-state index contributed by atoms with van der Waals surface area (Å²) in [7, 11) is 0. The van der Waals surface area contributed by atoms with Crippen molar-refractivity contribution in [2.24, 2.45) is 0 Å². The van der Waals surface area contributed by atoms with E-state index in [1.807, 2.05) is 6.07 Å². The Bertz CT molecular complexity index is 293. The quantitative estimate of drug-likeness (QED) is 0.617. The molecule has 0 aromatic heterocycles. The van der Waals surface area contributed by atoms with E-state index in [2.05, 4.69) is 56.0 Å². The maximum absolute atomic E-state index is 8.61. The van der Waals surface area contributed by atoms with Gasteiger partial charge in [-0.1, -0.05) is 15.9 Å². The van der Waals surface area contributed by atoms with Gasteiger partial charge >= 0.3 is 0 Å². The van der Waals surface area contributed by atoms with Gasteiger partial charge in [0.05, 0.1) is 0 Å². The molecule has 0 fully saturated rings. The van der Waals surface area contributed by atoms with Gasteiger partial charge in [0.1, 0.15) is 0 Å². The summed E-state index contributed by atoms with van der Waals surface area (Å²) in [6, 6.07) is 6.25. The summed E-state index contributed by atoms with van der Waals surface area (Å²) in [5.41, 5.74) is 1.29. The second-order valence-electron chi connectivity index (χ2n) is 2.99. The molecule has 0 aliphatic rings. The van der Waals surface area contributed by atoms with E-state index in [1.165, 1.54) is 9.13 Å². The molecule has 0 heterocycles. The Balaban J connectivity index is 2.45. The molecule has 0 amide bonds. The van der Waals surface area contributed by atoms with E-state index in [9.17, 15) is 0 Å². The fraction of sp³-hybridized carbons (Fsp3) is 0.400. The third-order valence-corrected chi connectivity index (χ3v) is 3.38. The number of hydrogen-bond acceptors (Lipinski definition) is 2. The molecule has 0 spiro atoms. The molecule has 0 saturated carbocycles. The van der Waals surface area contributed by atoms with Gasteiger partial charge in [0.15, 0.2) is 0 Å². The van der Waals surface area contributed by atoms with Crippen LogP contribution in [0.4, 0.5) is 0 Å². The highest BCUT2D eigenvalue weighted by molar-refractivity contribution is 14.1. The van der Waals surface area contributed by atoms with Crippen LogP contribution in [0.2, 0.25) is 0 Å². The van der Waals surface area contributed by atoms with Crippen molar-refractivity contribution in [1.29, 1.82) is 0 Å². The second kappa shape index (κ2) is 6.76. The molecule has 2 N–H and O–H groups in total. The lowest BCUT2D eigenvalue weighted by molar-refractivity contribution is 0.286. The third-order valence-electron chi connectivity index (χ3n) is 1.83. The van der Waals surface area contributed by atoms with Gasteiger partial charge in [0, 0.05) is 21.2 Å². The third kappa shape index (κ3) is 4.25. The summed E-state index contributed by atoms with van der Waals surface area (Å²) in [6.07, 6.45) is 0.810. The Morgan fingerprint density at radius 2 is 2.21 bits per heavy atom. The first-order chi connectivity index (χ1) is 6.74. The Labute approximate surface area is 106 Å². The Morgan fingerprint density at radius 3 is 2.93 bits per heavy atom. The van der Waals surface area contributed by atoms with Crippen LogP contribution in [0, 0.1) is 3.57 Å². The minimum atomic E-state index is 0.253. The van der Waals surface area contributed by atoms with E-state index in [1.54, 1.807) is 0 Å². The maximum Gasteiger partial charge on any atom is 0.0443 e. The lowest BCUT2D eigenvalue weighted by Crippen LogP contribution is -2.16. The SMILES string of the molecule is OCCCNCc1cc(Br)ccc1I. The maximum atomic E-state index is 8.61. The standard InChI is InChI=1S/C10H13BrINO/c11-9-2-3-10(12)8(6-9)7-13-4-1-5-14/h2-3,6,13-14H,1,4-5,7H2. The minimum Gasteiger partial charge on any atom is -0.396 e. The van der Waals surface area contributed by atoms with Gasteiger partial charge in [0.2, 0.25) is 0 Å². The summed E-state index contributed by atoms with van der Waals surface area (Å²) >= 11 is 5.78. The fourth-order valence-electron chi connectivity index (χ4n) is 1.11. The average molecular weight is 370 g/mol. The highest BCUT2D eigenvalue weighted by Crippen LogP contribution is 2.18. The summed E-state index contributed by atoms with van der Waals surface area (Å²) in [6.45, 7) is 1.97. The van der Waals surface area contributed by atoms with Crippen LogP contribution in [0.15, 0.2) is 22.7 Å². The van der Waals surface area contributed by atoms with Gasteiger partial charge in [-0.2, -0.15) is 0 Å². The normalized spacial score (nSPS) is 10.5. The average Bonchev–Trinajstić information content (AvgIpc) is 2.18. The van der Waals surface area contributed by atoms with Gasteiger partial charge < -0.3 is 10.4 Å². The molecule has 14 heavy (non-hydrogen) atoms. The first-order valence-corrected chi connectivity index (χ1v) is 6.36. The fourth-order valence-corrected chi connectivity index (χ4v) is 2.04. The van der Waals surface area contributed by atoms with Crippen LogP contribution in [0.3, 0.4) is 0 Å². The van der Waals surface area contributed by atoms with Gasteiger partial charge in [-0.05, 0) is 59.3 Å². The zero-order valence-electron chi connectivity index (χ0n) is 7.76. The van der Waals surface area contributed by atoms with Crippen molar-refractivity contribution in [3.05, 3.63) is 31.8 Å². The second-order valence-corrected chi connectivity index (χ2v) is 5.07. The number of halogens is 2. The number of nitrogens with one attached hydrogen (secondary N) is 1. The Morgan fingerprint density at radius 1 is 1.43 bits per heavy atom. The van der Waals surface area contributed by atoms with E-state index in [4.69, 9.17) is 5.11 Å². The lowest BCUT2D eigenvalue weighted by atomic mass is 10.2. The van der Waals surface area contributed by atoms with Crippen molar-refractivity contribution in [1.82, 2.24) is 5.32 Å². The predicted octanol–water partition coefficient (Wildman–Crippen LogP) is 2.53. The van der Waals surface area contributed by atoms with Crippen LogP contribution in [0.25, 0.3) is 0 Å². The number of aliphatic hydroxyl groups excluding tert-OH is 1. The smallest absolute Gasteiger partial charge is 0.0443 e. The van der Waals surface area contributed by atoms with Crippen LogP contribution in [-0.2, 0) is 6.54 Å². The van der Waals surface area contributed by atoms with E-state index in [0.29, 0.717) is 0 Å². The van der Waals surface area contributed by atoms with Crippen molar-refractivity contribution < 1.29 is 5.11 Å². The van der Waals surface area contributed by atoms with Crippen molar-refractivity contribution in [3.63, 3.8) is 0 Å². The molecular weight excluding hydrogens is 357 g/mol. The van der Waals surface area contributed by atoms with Crippen LogP contribution in [0.5, 0.6) is 0 Å². The first kappa shape index (κ1) is 12.4. The zero-order valence-corrected chi connectivity index (χ0v) is 11.5. The molecule has 2 nitrogen and oxygen atoms in total. The zero-order chi connectivity index (χ0) is 10.4. The lowest BCUT2D eigenvalue weighted by Gasteiger charge is -2.06. The van der Waals surface area contributed by atoms with Crippen molar-refractivity contribution in [2.75, 3.05) is 13.2 Å². The Hall–Kier alpha value is 0.350. The molecule has 0 aliphatic heterocycles. The van der Waals surface area contributed by atoms with Crippen LogP contribution in [0.1, 0.15) is 12.0 Å². The number of rotatable bonds is 5. The number of aliphatic hydroxyl groups is 1. The Kier molecular flexibility index (Phi) is 6.00. The van der Waals surface area contributed by atoms with Crippen LogP contribution in [-0.4, -0.2) is 18.3 Å². The van der Waals surface area contributed by atoms with Gasteiger partial charge in [0.25, 0.3) is 0 Å². The van der Waals surface area contributed by atoms with E-state index < -0.39 is 0 Å². The first-order valence-electron chi connectivity index (χ1n) is 4.49. The highest BCUT2D eigenvalue weighted by Gasteiger charge is 1.99. The largest absolute Gasteiger partial charge is 0.396 e. The van der Waals surface area contributed by atoms with Crippen molar-refractivity contribution in [2.45, 2.75) is 13.0 Å². The highest BCUT2D eigenvalue weighted by atomic mass is 127. The van der Waals surface area contributed by atoms with E-state index >= 15 is 0 Å². The van der Waals surface area contributed by atoms with Crippen molar-refractivity contribution >= 4 is 38.5 Å². The number of hydrogen-bond donors (Lipinski definition) is 2. The summed E-state index contributed by atoms with van der Waals surface area (Å²) in [5, 5.41) is 11.9. The van der Waals surface area contributed by atoms with Crippen LogP contribution >= 0.6 is 38.5 Å². The molecule has 0 aliphatic carbocycles. The summed E-state index contributed by atoms with van der Waals surface area (Å²) < 4.78 is 2.37. The molecule has 1 rings (SSSR count). The number of benzene rings is 1. The molecule has 0 atom stereocenters. The van der Waals surface area contributed by atoms with Crippen LogP contribution < -0.4 is 5.32 Å². The molecule has 1 aromatic carbocycles. The molecule has 0 unspecified atom stereocenters. The monoisotopic (exact) mass is 369 g/mol. The van der Waals surface area contributed by atoms with Gasteiger partial charge in [-0.3, -0.25) is 0 Å². The summed E-state index contributed by atoms with van der Waals surface area (Å²) in [5.74, 6) is 0. The summed E-state index contributed by atoms with van der Waals surface area (Å²) in [4.78, 5) is 0. The molecule has 0 saturated heterocycles. The topological polar surface area (TPSA) is 32.3 Å². The molecule has 4 heteroatoms. The molecular formula is C10H13BrINO. The van der Waals surface area contributed by atoms with Crippen molar-refractivity contribution in [3.8, 4) is 0 Å². The predicted molar refractivity (Wildman–Crippen MR) is 70.3 cm³/mol. The van der Waals surface area contributed by atoms with Gasteiger partial charge in [-0.25, -0.2) is 0 Å². The van der Waals surface area contributed by atoms with E-state index in [0.717, 1.165) is 24.0 Å². The van der Waals surface area contributed by atoms with E-state index in [-0.39, 0.29) is 6.61 Å². The molecule has 1 aromatic rings. The minimum absolute atomic E-state index is 0.253. The molecule has 78 valence electrons. The molecule has 0 radical (unpaired) electrons.